The van der Waals surface area contributed by atoms with Crippen molar-refractivity contribution >= 4 is 11.2 Å². The summed E-state index contributed by atoms with van der Waals surface area (Å²) in [5.41, 5.74) is 2.29. The monoisotopic (exact) mass is 314 g/mol. The Hall–Kier alpha value is -2.90. The van der Waals surface area contributed by atoms with Gasteiger partial charge in [-0.05, 0) is 26.8 Å². The predicted octanol–water partition coefficient (Wildman–Crippen LogP) is 0.802. The van der Waals surface area contributed by atoms with Crippen LogP contribution >= 0.6 is 0 Å². The van der Waals surface area contributed by atoms with E-state index in [0.717, 1.165) is 17.0 Å². The largest absolute Gasteiger partial charge is 0.329 e. The number of nitrogens with zero attached hydrogens (tertiary/aromatic N) is 5. The number of aryl methyl sites for hydroxylation is 3. The van der Waals surface area contributed by atoms with Crippen molar-refractivity contribution < 1.29 is 0 Å². The van der Waals surface area contributed by atoms with Crippen molar-refractivity contribution in [3.8, 4) is 5.95 Å². The van der Waals surface area contributed by atoms with E-state index in [1.54, 1.807) is 16.3 Å². The first-order valence-corrected chi connectivity index (χ1v) is 7.17. The van der Waals surface area contributed by atoms with Crippen LogP contribution in [0.2, 0.25) is 0 Å². The molecule has 8 heteroatoms. The van der Waals surface area contributed by atoms with Crippen LogP contribution in [0.15, 0.2) is 27.8 Å². The summed E-state index contributed by atoms with van der Waals surface area (Å²) in [5.74, 6) is 0.486. The maximum Gasteiger partial charge on any atom is 0.329 e. The zero-order valence-corrected chi connectivity index (χ0v) is 13.5. The summed E-state index contributed by atoms with van der Waals surface area (Å²) < 4.78 is 4.72. The molecule has 0 aliphatic heterocycles. The van der Waals surface area contributed by atoms with E-state index in [9.17, 15) is 9.59 Å². The summed E-state index contributed by atoms with van der Waals surface area (Å²) >= 11 is 0. The van der Waals surface area contributed by atoms with Crippen molar-refractivity contribution in [2.75, 3.05) is 0 Å². The van der Waals surface area contributed by atoms with Gasteiger partial charge in [0.25, 0.3) is 5.56 Å². The standard InChI is InChI=1S/C15H18N6O2/c1-8(2)7-20-11-12(19(5)15(23)17-13(11)22)16-14(20)21-10(4)6-9(3)18-21/h6H,1,7H2,2-5H3,(H,17,22,23). The van der Waals surface area contributed by atoms with Crippen LogP contribution in [0, 0.1) is 13.8 Å². The average Bonchev–Trinajstić information content (AvgIpc) is 2.96. The lowest BCUT2D eigenvalue weighted by Crippen LogP contribution is -2.29. The third kappa shape index (κ3) is 2.32. The molecule has 0 saturated heterocycles. The number of aromatic amines is 1. The second-order valence-electron chi connectivity index (χ2n) is 5.78. The number of hydrogen-bond donors (Lipinski definition) is 1. The Kier molecular flexibility index (Phi) is 3.32. The highest BCUT2D eigenvalue weighted by Gasteiger charge is 2.20. The summed E-state index contributed by atoms with van der Waals surface area (Å²) in [6, 6.07) is 1.92. The van der Waals surface area contributed by atoms with Crippen LogP contribution in [-0.2, 0) is 13.6 Å². The fraction of sp³-hybridized carbons (Fsp3) is 0.333. The van der Waals surface area contributed by atoms with Crippen LogP contribution in [0.3, 0.4) is 0 Å². The van der Waals surface area contributed by atoms with Gasteiger partial charge in [0.15, 0.2) is 11.2 Å². The van der Waals surface area contributed by atoms with Gasteiger partial charge in [0, 0.05) is 19.3 Å². The van der Waals surface area contributed by atoms with Gasteiger partial charge in [0.05, 0.1) is 5.69 Å². The van der Waals surface area contributed by atoms with Crippen LogP contribution in [0.25, 0.3) is 17.1 Å². The summed E-state index contributed by atoms with van der Waals surface area (Å²) in [6.45, 7) is 9.98. The first-order chi connectivity index (χ1) is 10.8. The van der Waals surface area contributed by atoms with Crippen LogP contribution < -0.4 is 11.2 Å². The predicted molar refractivity (Wildman–Crippen MR) is 87.0 cm³/mol. The van der Waals surface area contributed by atoms with E-state index in [1.165, 1.54) is 4.57 Å². The Bertz CT molecular complexity index is 1050. The molecule has 1 N–H and O–H groups in total. The number of allylic oxidation sites excluding steroid dienone is 1. The van der Waals surface area contributed by atoms with Crippen molar-refractivity contribution in [1.82, 2.24) is 28.9 Å². The Labute approximate surface area is 131 Å². The molecule has 120 valence electrons. The number of imidazole rings is 1. The SMILES string of the molecule is C=C(C)Cn1c(-n2nc(C)cc2C)nc2c1c(=O)[nH]c(=O)n2C. The minimum Gasteiger partial charge on any atom is -0.298 e. The van der Waals surface area contributed by atoms with E-state index in [2.05, 4.69) is 21.6 Å². The lowest BCUT2D eigenvalue weighted by atomic mass is 10.3. The second kappa shape index (κ2) is 5.08. The number of aromatic nitrogens is 6. The molecular weight excluding hydrogens is 296 g/mol. The fourth-order valence-corrected chi connectivity index (χ4v) is 2.64. The molecule has 3 heterocycles. The smallest absolute Gasteiger partial charge is 0.298 e. The van der Waals surface area contributed by atoms with Gasteiger partial charge in [0.1, 0.15) is 0 Å². The van der Waals surface area contributed by atoms with Gasteiger partial charge in [-0.2, -0.15) is 10.1 Å². The highest BCUT2D eigenvalue weighted by molar-refractivity contribution is 5.72. The van der Waals surface area contributed by atoms with E-state index in [4.69, 9.17) is 0 Å². The van der Waals surface area contributed by atoms with E-state index in [1.807, 2.05) is 26.8 Å². The maximum atomic E-state index is 12.3. The molecule has 0 aromatic carbocycles. The van der Waals surface area contributed by atoms with Crippen LogP contribution in [-0.4, -0.2) is 28.9 Å². The van der Waals surface area contributed by atoms with E-state index < -0.39 is 11.2 Å². The zero-order chi connectivity index (χ0) is 16.9. The molecule has 0 fully saturated rings. The summed E-state index contributed by atoms with van der Waals surface area (Å²) in [5, 5.41) is 4.43. The lowest BCUT2D eigenvalue weighted by molar-refractivity contribution is 0.696. The highest BCUT2D eigenvalue weighted by atomic mass is 16.2. The third-order valence-corrected chi connectivity index (χ3v) is 3.61. The second-order valence-corrected chi connectivity index (χ2v) is 5.78. The molecule has 0 saturated carbocycles. The third-order valence-electron chi connectivity index (χ3n) is 3.61. The Balaban J connectivity index is 2.46. The molecule has 23 heavy (non-hydrogen) atoms. The van der Waals surface area contributed by atoms with Gasteiger partial charge < -0.3 is 0 Å². The number of hydrogen-bond acceptors (Lipinski definition) is 4. The number of H-pyrrole nitrogens is 1. The fourth-order valence-electron chi connectivity index (χ4n) is 2.64. The minimum absolute atomic E-state index is 0.322. The first kappa shape index (κ1) is 15.0. The summed E-state index contributed by atoms with van der Waals surface area (Å²) in [6.07, 6.45) is 0. The van der Waals surface area contributed by atoms with Gasteiger partial charge in [-0.1, -0.05) is 12.2 Å². The molecule has 0 unspecified atom stereocenters. The van der Waals surface area contributed by atoms with Crippen molar-refractivity contribution in [3.05, 3.63) is 50.4 Å². The van der Waals surface area contributed by atoms with Crippen molar-refractivity contribution in [1.29, 1.82) is 0 Å². The van der Waals surface area contributed by atoms with Crippen LogP contribution in [0.4, 0.5) is 0 Å². The van der Waals surface area contributed by atoms with E-state index in [0.29, 0.717) is 23.7 Å². The highest BCUT2D eigenvalue weighted by Crippen LogP contribution is 2.18. The van der Waals surface area contributed by atoms with Gasteiger partial charge in [0.2, 0.25) is 5.95 Å². The van der Waals surface area contributed by atoms with Gasteiger partial charge in [-0.25, -0.2) is 9.48 Å². The first-order valence-electron chi connectivity index (χ1n) is 7.17. The number of nitrogens with one attached hydrogen (secondary N) is 1. The average molecular weight is 314 g/mol. The number of rotatable bonds is 3. The summed E-state index contributed by atoms with van der Waals surface area (Å²) in [7, 11) is 1.57. The van der Waals surface area contributed by atoms with Crippen molar-refractivity contribution in [2.45, 2.75) is 27.3 Å². The topological polar surface area (TPSA) is 90.5 Å². The Morgan fingerprint density at radius 2 is 2.04 bits per heavy atom. The molecule has 0 aliphatic carbocycles. The Morgan fingerprint density at radius 1 is 1.35 bits per heavy atom. The molecule has 0 bridgehead atoms. The number of fused-ring (bicyclic) bond motifs is 1. The molecule has 3 aromatic heterocycles. The molecule has 3 aromatic rings. The van der Waals surface area contributed by atoms with E-state index >= 15 is 0 Å². The van der Waals surface area contributed by atoms with Gasteiger partial charge in [-0.15, -0.1) is 0 Å². The molecule has 8 nitrogen and oxygen atoms in total. The molecule has 0 atom stereocenters. The molecule has 0 amide bonds. The normalized spacial score (nSPS) is 11.3. The molecular formula is C15H18N6O2. The molecule has 0 aliphatic rings. The van der Waals surface area contributed by atoms with Gasteiger partial charge >= 0.3 is 5.69 Å². The van der Waals surface area contributed by atoms with Crippen molar-refractivity contribution in [2.24, 2.45) is 7.05 Å². The zero-order valence-electron chi connectivity index (χ0n) is 13.5. The Morgan fingerprint density at radius 3 is 2.61 bits per heavy atom. The molecule has 0 radical (unpaired) electrons. The van der Waals surface area contributed by atoms with Crippen LogP contribution in [0.5, 0.6) is 0 Å². The minimum atomic E-state index is -0.498. The lowest BCUT2D eigenvalue weighted by Gasteiger charge is -2.09. The molecule has 0 spiro atoms. The van der Waals surface area contributed by atoms with Gasteiger partial charge in [-0.3, -0.25) is 18.9 Å². The van der Waals surface area contributed by atoms with Crippen molar-refractivity contribution in [3.63, 3.8) is 0 Å². The van der Waals surface area contributed by atoms with Crippen LogP contribution in [0.1, 0.15) is 18.3 Å². The quantitative estimate of drug-likeness (QED) is 0.724. The summed E-state index contributed by atoms with van der Waals surface area (Å²) in [4.78, 5) is 30.9. The maximum absolute atomic E-state index is 12.3. The molecule has 3 rings (SSSR count). The van der Waals surface area contributed by atoms with E-state index in [-0.39, 0.29) is 0 Å².